The predicted octanol–water partition coefficient (Wildman–Crippen LogP) is 3.96. The lowest BCUT2D eigenvalue weighted by atomic mass is 10.00. The summed E-state index contributed by atoms with van der Waals surface area (Å²) in [6.07, 6.45) is 2.80. The van der Waals surface area contributed by atoms with E-state index in [4.69, 9.17) is 0 Å². The van der Waals surface area contributed by atoms with Crippen LogP contribution in [0.1, 0.15) is 16.7 Å². The Morgan fingerprint density at radius 2 is 1.93 bits per heavy atom. The van der Waals surface area contributed by atoms with Gasteiger partial charge in [0.2, 0.25) is 5.91 Å². The molecule has 27 heavy (non-hydrogen) atoms. The summed E-state index contributed by atoms with van der Waals surface area (Å²) in [6, 6.07) is 18.3. The lowest BCUT2D eigenvalue weighted by Gasteiger charge is -2.29. The molecule has 0 spiro atoms. The Labute approximate surface area is 157 Å². The van der Waals surface area contributed by atoms with Gasteiger partial charge in [-0.15, -0.1) is 0 Å². The third kappa shape index (κ3) is 4.14. The van der Waals surface area contributed by atoms with Gasteiger partial charge in [0.25, 0.3) is 0 Å². The van der Waals surface area contributed by atoms with Crippen molar-refractivity contribution in [2.75, 3.05) is 16.8 Å². The van der Waals surface area contributed by atoms with Gasteiger partial charge in [0.05, 0.1) is 18.3 Å². The van der Waals surface area contributed by atoms with Gasteiger partial charge in [-0.3, -0.25) is 4.79 Å². The second-order valence-corrected chi connectivity index (χ2v) is 6.70. The highest BCUT2D eigenvalue weighted by atomic mass is 19.1. The van der Waals surface area contributed by atoms with Crippen molar-refractivity contribution in [3.63, 3.8) is 0 Å². The van der Waals surface area contributed by atoms with E-state index in [0.717, 1.165) is 25.3 Å². The van der Waals surface area contributed by atoms with Crippen molar-refractivity contribution in [1.82, 2.24) is 4.98 Å². The predicted molar refractivity (Wildman–Crippen MR) is 104 cm³/mol. The Kier molecular flexibility index (Phi) is 4.83. The van der Waals surface area contributed by atoms with Gasteiger partial charge in [0, 0.05) is 13.1 Å². The first-order valence-corrected chi connectivity index (χ1v) is 8.99. The second-order valence-electron chi connectivity index (χ2n) is 6.70. The van der Waals surface area contributed by atoms with Crippen LogP contribution in [-0.4, -0.2) is 17.4 Å². The maximum Gasteiger partial charge on any atom is 0.228 e. The summed E-state index contributed by atoms with van der Waals surface area (Å²) in [7, 11) is 0. The summed E-state index contributed by atoms with van der Waals surface area (Å²) in [5.74, 6) is 0.365. The molecule has 0 aliphatic carbocycles. The van der Waals surface area contributed by atoms with Crippen molar-refractivity contribution < 1.29 is 9.18 Å². The van der Waals surface area contributed by atoms with Crippen molar-refractivity contribution in [2.45, 2.75) is 19.4 Å². The molecule has 0 bridgehead atoms. The topological polar surface area (TPSA) is 45.2 Å². The van der Waals surface area contributed by atoms with E-state index in [1.54, 1.807) is 18.3 Å². The van der Waals surface area contributed by atoms with Gasteiger partial charge in [-0.25, -0.2) is 9.37 Å². The third-order valence-electron chi connectivity index (χ3n) is 4.74. The molecule has 0 saturated heterocycles. The number of benzene rings is 2. The van der Waals surface area contributed by atoms with E-state index in [1.165, 1.54) is 23.3 Å². The molecule has 1 aliphatic rings. The molecule has 0 saturated carbocycles. The number of nitrogens with zero attached hydrogens (tertiary/aromatic N) is 2. The Morgan fingerprint density at radius 1 is 1.07 bits per heavy atom. The van der Waals surface area contributed by atoms with Crippen LogP contribution in [0.3, 0.4) is 0 Å². The van der Waals surface area contributed by atoms with Crippen LogP contribution in [0.4, 0.5) is 15.9 Å². The monoisotopic (exact) mass is 361 g/mol. The molecule has 2 heterocycles. The minimum absolute atomic E-state index is 0.127. The van der Waals surface area contributed by atoms with Crippen molar-refractivity contribution in [2.24, 2.45) is 0 Å². The number of halogens is 1. The Bertz CT molecular complexity index is 956. The number of hydrogen-bond donors (Lipinski definition) is 1. The molecule has 5 heteroatoms. The fraction of sp³-hybridized carbons (Fsp3) is 0.182. The summed E-state index contributed by atoms with van der Waals surface area (Å²) in [5.41, 5.74) is 4.01. The number of fused-ring (bicyclic) bond motifs is 1. The summed E-state index contributed by atoms with van der Waals surface area (Å²) in [6.45, 7) is 1.77. The number of amides is 1. The van der Waals surface area contributed by atoms with Gasteiger partial charge >= 0.3 is 0 Å². The Hall–Kier alpha value is -3.21. The average molecular weight is 361 g/mol. The molecule has 0 unspecified atom stereocenters. The minimum atomic E-state index is -0.338. The maximum absolute atomic E-state index is 13.2. The number of nitrogens with one attached hydrogen (secondary N) is 1. The molecule has 1 N–H and O–H groups in total. The molecule has 4 nitrogen and oxygen atoms in total. The van der Waals surface area contributed by atoms with E-state index in [1.807, 2.05) is 12.1 Å². The normalized spacial score (nSPS) is 13.1. The van der Waals surface area contributed by atoms with E-state index in [-0.39, 0.29) is 18.1 Å². The number of rotatable bonds is 4. The number of carbonyl (C=O) groups excluding carboxylic acids is 1. The molecule has 0 fully saturated rings. The van der Waals surface area contributed by atoms with Crippen LogP contribution in [0.2, 0.25) is 0 Å². The summed E-state index contributed by atoms with van der Waals surface area (Å²) >= 11 is 0. The highest BCUT2D eigenvalue weighted by molar-refractivity contribution is 5.92. The highest BCUT2D eigenvalue weighted by Crippen LogP contribution is 2.23. The quantitative estimate of drug-likeness (QED) is 0.765. The number of hydrogen-bond acceptors (Lipinski definition) is 3. The van der Waals surface area contributed by atoms with Crippen molar-refractivity contribution in [3.05, 3.63) is 89.4 Å². The Morgan fingerprint density at radius 3 is 2.70 bits per heavy atom. The van der Waals surface area contributed by atoms with Crippen LogP contribution in [0, 0.1) is 5.82 Å². The smallest absolute Gasteiger partial charge is 0.228 e. The average Bonchev–Trinajstić information content (AvgIpc) is 2.68. The SMILES string of the molecule is O=C(Cc1cccc(F)c1)Nc1ccc(N2CCc3ccccc3C2)nc1. The fourth-order valence-corrected chi connectivity index (χ4v) is 3.38. The van der Waals surface area contributed by atoms with E-state index < -0.39 is 0 Å². The van der Waals surface area contributed by atoms with Crippen LogP contribution >= 0.6 is 0 Å². The molecule has 1 aromatic heterocycles. The summed E-state index contributed by atoms with van der Waals surface area (Å²) in [4.78, 5) is 18.9. The molecule has 4 rings (SSSR count). The van der Waals surface area contributed by atoms with Gasteiger partial charge in [-0.2, -0.15) is 0 Å². The first kappa shape index (κ1) is 17.2. The second kappa shape index (κ2) is 7.58. The van der Waals surface area contributed by atoms with Crippen molar-refractivity contribution >= 4 is 17.4 Å². The third-order valence-corrected chi connectivity index (χ3v) is 4.74. The molecule has 0 atom stereocenters. The van der Waals surface area contributed by atoms with Gasteiger partial charge < -0.3 is 10.2 Å². The van der Waals surface area contributed by atoms with Crippen LogP contribution in [-0.2, 0) is 24.2 Å². The zero-order valence-electron chi connectivity index (χ0n) is 14.9. The molecule has 2 aromatic carbocycles. The van der Waals surface area contributed by atoms with Crippen LogP contribution < -0.4 is 10.2 Å². The molecule has 0 radical (unpaired) electrons. The number of aromatic nitrogens is 1. The van der Waals surface area contributed by atoms with E-state index >= 15 is 0 Å². The van der Waals surface area contributed by atoms with Gasteiger partial charge in [-0.05, 0) is 47.4 Å². The van der Waals surface area contributed by atoms with Crippen molar-refractivity contribution in [3.8, 4) is 0 Å². The number of carbonyl (C=O) groups is 1. The van der Waals surface area contributed by atoms with Crippen LogP contribution in [0.15, 0.2) is 66.9 Å². The minimum Gasteiger partial charge on any atom is -0.352 e. The lowest BCUT2D eigenvalue weighted by Crippen LogP contribution is -2.30. The number of pyridine rings is 1. The highest BCUT2D eigenvalue weighted by Gasteiger charge is 2.17. The molecule has 3 aromatic rings. The van der Waals surface area contributed by atoms with E-state index in [9.17, 15) is 9.18 Å². The zero-order valence-corrected chi connectivity index (χ0v) is 14.9. The van der Waals surface area contributed by atoms with Crippen LogP contribution in [0.5, 0.6) is 0 Å². The summed E-state index contributed by atoms with van der Waals surface area (Å²) in [5, 5.41) is 2.81. The molecular formula is C22H20FN3O. The Balaban J connectivity index is 1.38. The lowest BCUT2D eigenvalue weighted by molar-refractivity contribution is -0.115. The molecule has 136 valence electrons. The van der Waals surface area contributed by atoms with E-state index in [0.29, 0.717) is 11.3 Å². The molecular weight excluding hydrogens is 341 g/mol. The zero-order chi connectivity index (χ0) is 18.6. The standard InChI is InChI=1S/C22H20FN3O/c23-19-7-3-4-16(12-19)13-22(27)25-20-8-9-21(24-14-20)26-11-10-17-5-1-2-6-18(17)15-26/h1-9,12,14H,10-11,13,15H2,(H,25,27). The number of anilines is 2. The maximum atomic E-state index is 13.2. The summed E-state index contributed by atoms with van der Waals surface area (Å²) < 4.78 is 13.2. The van der Waals surface area contributed by atoms with Gasteiger partial charge in [0.1, 0.15) is 11.6 Å². The van der Waals surface area contributed by atoms with Crippen LogP contribution in [0.25, 0.3) is 0 Å². The molecule has 1 aliphatic heterocycles. The van der Waals surface area contributed by atoms with E-state index in [2.05, 4.69) is 39.5 Å². The van der Waals surface area contributed by atoms with Gasteiger partial charge in [0.15, 0.2) is 0 Å². The largest absolute Gasteiger partial charge is 0.352 e. The van der Waals surface area contributed by atoms with Crippen molar-refractivity contribution in [1.29, 1.82) is 0 Å². The van der Waals surface area contributed by atoms with Gasteiger partial charge in [-0.1, -0.05) is 36.4 Å². The fourth-order valence-electron chi connectivity index (χ4n) is 3.38. The first-order chi connectivity index (χ1) is 13.2. The first-order valence-electron chi connectivity index (χ1n) is 8.99. The molecule has 1 amide bonds.